The molecular weight excluding hydrogens is 443 g/mol. The van der Waals surface area contributed by atoms with Gasteiger partial charge in [0.05, 0.1) is 31.0 Å². The molecule has 0 saturated heterocycles. The number of methoxy groups -OCH3 is 2. The van der Waals surface area contributed by atoms with Crippen LogP contribution in [0.4, 0.5) is 18.9 Å². The molecule has 0 aliphatic rings. The smallest absolute Gasteiger partial charge is 0.422 e. The monoisotopic (exact) mass is 461 g/mol. The highest BCUT2D eigenvalue weighted by Gasteiger charge is 2.29. The lowest BCUT2D eigenvalue weighted by atomic mass is 10.1. The van der Waals surface area contributed by atoms with E-state index in [4.69, 9.17) is 21.1 Å². The Bertz CT molecular complexity index is 983. The highest BCUT2D eigenvalue weighted by molar-refractivity contribution is 6.32. The van der Waals surface area contributed by atoms with E-state index in [1.54, 1.807) is 0 Å². The minimum absolute atomic E-state index is 0.0672. The van der Waals surface area contributed by atoms with Gasteiger partial charge in [0.15, 0.2) is 18.1 Å². The molecule has 8 nitrogen and oxygen atoms in total. The van der Waals surface area contributed by atoms with Crippen LogP contribution in [0.5, 0.6) is 17.4 Å². The first-order chi connectivity index (χ1) is 14.5. The molecule has 31 heavy (non-hydrogen) atoms. The van der Waals surface area contributed by atoms with Crippen LogP contribution in [0, 0.1) is 0 Å². The first kappa shape index (κ1) is 24.1. The lowest BCUT2D eigenvalue weighted by Crippen LogP contribution is -2.24. The number of nitrogens with one attached hydrogen (secondary N) is 1. The molecular formula is C19H19ClF3N3O5. The quantitative estimate of drug-likeness (QED) is 0.677. The van der Waals surface area contributed by atoms with Crippen molar-refractivity contribution in [2.45, 2.75) is 6.18 Å². The van der Waals surface area contributed by atoms with Gasteiger partial charge in [0.25, 0.3) is 11.8 Å². The van der Waals surface area contributed by atoms with Gasteiger partial charge < -0.3 is 24.4 Å². The average molecular weight is 462 g/mol. The molecule has 12 heteroatoms. The lowest BCUT2D eigenvalue weighted by molar-refractivity contribution is -0.154. The molecule has 0 bridgehead atoms. The van der Waals surface area contributed by atoms with Gasteiger partial charge in [-0.15, -0.1) is 0 Å². The second kappa shape index (κ2) is 9.73. The van der Waals surface area contributed by atoms with Crippen LogP contribution in [0.25, 0.3) is 0 Å². The van der Waals surface area contributed by atoms with E-state index in [-0.39, 0.29) is 33.3 Å². The highest BCUT2D eigenvalue weighted by atomic mass is 35.5. The number of anilines is 1. The van der Waals surface area contributed by atoms with Gasteiger partial charge in [-0.1, -0.05) is 11.6 Å². The molecule has 1 aromatic heterocycles. The number of carbonyl (C=O) groups is 2. The standard InChI is InChI=1S/C19H19ClF3N3O5/c1-26(2)18(28)11-6-14(29-3)15(30-4)7-13(11)25-16(27)10-5-12(20)17(24-8-10)31-9-19(21,22)23/h5-8H,9H2,1-4H3,(H,25,27). The van der Waals surface area contributed by atoms with Crippen LogP contribution in [-0.4, -0.2) is 62.8 Å². The third-order valence-corrected chi connectivity index (χ3v) is 4.12. The molecule has 2 aromatic rings. The Morgan fingerprint density at radius 1 is 1.13 bits per heavy atom. The minimum Gasteiger partial charge on any atom is -0.493 e. The Balaban J connectivity index is 2.34. The summed E-state index contributed by atoms with van der Waals surface area (Å²) in [5, 5.41) is 2.27. The number of rotatable bonds is 7. The molecule has 0 unspecified atom stereocenters. The first-order valence-electron chi connectivity index (χ1n) is 8.61. The Hall–Kier alpha value is -3.21. The number of benzene rings is 1. The summed E-state index contributed by atoms with van der Waals surface area (Å²) in [4.78, 5) is 30.2. The molecule has 1 aromatic carbocycles. The number of aromatic nitrogens is 1. The maximum atomic E-state index is 12.7. The zero-order chi connectivity index (χ0) is 23.3. The maximum Gasteiger partial charge on any atom is 0.422 e. The summed E-state index contributed by atoms with van der Waals surface area (Å²) in [6.45, 7) is -1.58. The van der Waals surface area contributed by atoms with Crippen LogP contribution in [0.1, 0.15) is 20.7 Å². The van der Waals surface area contributed by atoms with E-state index >= 15 is 0 Å². The molecule has 0 fully saturated rings. The molecule has 0 radical (unpaired) electrons. The predicted octanol–water partition coefficient (Wildman–Crippen LogP) is 3.65. The molecule has 2 amide bonds. The van der Waals surface area contributed by atoms with E-state index in [1.165, 1.54) is 45.3 Å². The summed E-state index contributed by atoms with van der Waals surface area (Å²) in [7, 11) is 5.86. The molecule has 1 N–H and O–H groups in total. The van der Waals surface area contributed by atoms with E-state index in [2.05, 4.69) is 15.0 Å². The topological polar surface area (TPSA) is 90.0 Å². The van der Waals surface area contributed by atoms with Crippen LogP contribution in [0.15, 0.2) is 24.4 Å². The van der Waals surface area contributed by atoms with Crippen LogP contribution in [-0.2, 0) is 0 Å². The van der Waals surface area contributed by atoms with Crippen molar-refractivity contribution in [3.63, 3.8) is 0 Å². The van der Waals surface area contributed by atoms with Gasteiger partial charge in [0, 0.05) is 26.4 Å². The second-order valence-electron chi connectivity index (χ2n) is 6.32. The number of ether oxygens (including phenoxy) is 3. The number of halogens is 4. The van der Waals surface area contributed by atoms with Gasteiger partial charge in [-0.2, -0.15) is 13.2 Å². The van der Waals surface area contributed by atoms with Crippen molar-refractivity contribution >= 4 is 29.1 Å². The molecule has 0 saturated carbocycles. The third kappa shape index (κ3) is 6.14. The molecule has 1 heterocycles. The van der Waals surface area contributed by atoms with Gasteiger partial charge in [-0.3, -0.25) is 9.59 Å². The van der Waals surface area contributed by atoms with Crippen molar-refractivity contribution in [1.29, 1.82) is 0 Å². The minimum atomic E-state index is -4.57. The number of nitrogens with zero attached hydrogens (tertiary/aromatic N) is 2. The van der Waals surface area contributed by atoms with Gasteiger partial charge >= 0.3 is 6.18 Å². The van der Waals surface area contributed by atoms with Crippen molar-refractivity contribution in [2.24, 2.45) is 0 Å². The van der Waals surface area contributed by atoms with Gasteiger partial charge in [-0.05, 0) is 12.1 Å². The maximum absolute atomic E-state index is 12.7. The largest absolute Gasteiger partial charge is 0.493 e. The van der Waals surface area contributed by atoms with Gasteiger partial charge in [0.1, 0.15) is 5.02 Å². The Morgan fingerprint density at radius 3 is 2.26 bits per heavy atom. The lowest BCUT2D eigenvalue weighted by Gasteiger charge is -2.18. The molecule has 168 valence electrons. The summed E-state index contributed by atoms with van der Waals surface area (Å²) in [5.41, 5.74) is 0.178. The van der Waals surface area contributed by atoms with E-state index in [9.17, 15) is 22.8 Å². The number of hydrogen-bond donors (Lipinski definition) is 1. The molecule has 0 aliphatic carbocycles. The fourth-order valence-electron chi connectivity index (χ4n) is 2.40. The van der Waals surface area contributed by atoms with E-state index in [0.29, 0.717) is 0 Å². The number of amides is 2. The van der Waals surface area contributed by atoms with Gasteiger partial charge in [0.2, 0.25) is 5.88 Å². The molecule has 0 spiro atoms. The van der Waals surface area contributed by atoms with Crippen molar-refractivity contribution in [3.8, 4) is 17.4 Å². The van der Waals surface area contributed by atoms with Crippen molar-refractivity contribution < 1.29 is 37.0 Å². The second-order valence-corrected chi connectivity index (χ2v) is 6.73. The normalized spacial score (nSPS) is 11.0. The molecule has 0 atom stereocenters. The predicted molar refractivity (Wildman–Crippen MR) is 106 cm³/mol. The number of alkyl halides is 3. The third-order valence-electron chi connectivity index (χ3n) is 3.85. The summed E-state index contributed by atoms with van der Waals surface area (Å²) in [6, 6.07) is 3.92. The van der Waals surface area contributed by atoms with E-state index in [1.807, 2.05) is 0 Å². The highest BCUT2D eigenvalue weighted by Crippen LogP contribution is 2.34. The number of carbonyl (C=O) groups excluding carboxylic acids is 2. The zero-order valence-electron chi connectivity index (χ0n) is 17.0. The first-order valence-corrected chi connectivity index (χ1v) is 8.98. The van der Waals surface area contributed by atoms with Crippen molar-refractivity contribution in [1.82, 2.24) is 9.88 Å². The summed E-state index contributed by atoms with van der Waals surface area (Å²) in [6.07, 6.45) is -3.56. The average Bonchev–Trinajstić information content (AvgIpc) is 2.71. The Morgan fingerprint density at radius 2 is 1.74 bits per heavy atom. The summed E-state index contributed by atoms with van der Waals surface area (Å²) < 4.78 is 51.8. The van der Waals surface area contributed by atoms with Crippen molar-refractivity contribution in [3.05, 3.63) is 40.5 Å². The van der Waals surface area contributed by atoms with E-state index < -0.39 is 30.5 Å². The fraction of sp³-hybridized carbons (Fsp3) is 0.316. The van der Waals surface area contributed by atoms with Crippen molar-refractivity contribution in [2.75, 3.05) is 40.2 Å². The Kier molecular flexibility index (Phi) is 7.55. The van der Waals surface area contributed by atoms with Gasteiger partial charge in [-0.25, -0.2) is 4.98 Å². The van der Waals surface area contributed by atoms with Crippen LogP contribution in [0.3, 0.4) is 0 Å². The van der Waals surface area contributed by atoms with E-state index in [0.717, 1.165) is 12.3 Å². The summed E-state index contributed by atoms with van der Waals surface area (Å²) >= 11 is 5.88. The number of hydrogen-bond acceptors (Lipinski definition) is 6. The Labute approximate surface area is 180 Å². The summed E-state index contributed by atoms with van der Waals surface area (Å²) in [5.74, 6) is -1.05. The van der Waals surface area contributed by atoms with Crippen LogP contribution >= 0.6 is 11.6 Å². The van der Waals surface area contributed by atoms with Crippen LogP contribution < -0.4 is 19.5 Å². The molecule has 2 rings (SSSR count). The SMILES string of the molecule is COc1cc(NC(=O)c2cnc(OCC(F)(F)F)c(Cl)c2)c(C(=O)N(C)C)cc1OC. The zero-order valence-corrected chi connectivity index (χ0v) is 17.7. The number of pyridine rings is 1. The molecule has 0 aliphatic heterocycles. The fourth-order valence-corrected chi connectivity index (χ4v) is 2.62. The van der Waals surface area contributed by atoms with Crippen LogP contribution in [0.2, 0.25) is 5.02 Å².